The average Bonchev–Trinajstić information content (AvgIpc) is 2.28. The van der Waals surface area contributed by atoms with E-state index in [0.717, 1.165) is 5.69 Å². The van der Waals surface area contributed by atoms with Crippen LogP contribution in [-0.4, -0.2) is 23.0 Å². The van der Waals surface area contributed by atoms with E-state index in [2.05, 4.69) is 22.5 Å². The lowest BCUT2D eigenvalue weighted by atomic mass is 9.78. The Kier molecular flexibility index (Phi) is 3.31. The lowest BCUT2D eigenvalue weighted by molar-refractivity contribution is 0.0951. The molecule has 0 bridgehead atoms. The summed E-state index contributed by atoms with van der Waals surface area (Å²) in [5.74, 6) is -0.116. The highest BCUT2D eigenvalue weighted by Gasteiger charge is 2.31. The van der Waals surface area contributed by atoms with E-state index in [4.69, 9.17) is 0 Å². The molecular formula is C13H19N3O. The van der Waals surface area contributed by atoms with Gasteiger partial charge in [-0.1, -0.05) is 0 Å². The summed E-state index contributed by atoms with van der Waals surface area (Å²) in [4.78, 5) is 15.7. The fourth-order valence-corrected chi connectivity index (χ4v) is 2.06. The summed E-state index contributed by atoms with van der Waals surface area (Å²) in [7, 11) is 0. The monoisotopic (exact) mass is 233 g/mol. The molecule has 92 valence electrons. The molecule has 1 aromatic rings. The van der Waals surface area contributed by atoms with Gasteiger partial charge in [0.1, 0.15) is 5.69 Å². The van der Waals surface area contributed by atoms with E-state index in [9.17, 15) is 4.79 Å². The predicted molar refractivity (Wildman–Crippen MR) is 68.1 cm³/mol. The molecule has 1 aliphatic carbocycles. The molecule has 0 atom stereocenters. The molecule has 2 N–H and O–H groups in total. The van der Waals surface area contributed by atoms with Crippen molar-refractivity contribution >= 4 is 11.6 Å². The van der Waals surface area contributed by atoms with Crippen LogP contribution >= 0.6 is 0 Å². The van der Waals surface area contributed by atoms with Gasteiger partial charge < -0.3 is 10.6 Å². The summed E-state index contributed by atoms with van der Waals surface area (Å²) in [6.45, 7) is 4.73. The van der Waals surface area contributed by atoms with Crippen LogP contribution in [0.5, 0.6) is 0 Å². The number of nitrogens with zero attached hydrogens (tertiary/aromatic N) is 1. The van der Waals surface area contributed by atoms with E-state index >= 15 is 0 Å². The van der Waals surface area contributed by atoms with Crippen molar-refractivity contribution in [3.8, 4) is 0 Å². The summed E-state index contributed by atoms with van der Waals surface area (Å²) in [6.07, 6.45) is 5.32. The normalized spacial score (nSPS) is 17.1. The van der Waals surface area contributed by atoms with E-state index in [1.807, 2.05) is 19.1 Å². The topological polar surface area (TPSA) is 54.0 Å². The fourth-order valence-electron chi connectivity index (χ4n) is 2.06. The molecule has 2 rings (SSSR count). The third-order valence-corrected chi connectivity index (χ3v) is 3.23. The summed E-state index contributed by atoms with van der Waals surface area (Å²) >= 11 is 0. The molecule has 0 saturated heterocycles. The Morgan fingerprint density at radius 3 is 2.88 bits per heavy atom. The molecule has 1 heterocycles. The van der Waals surface area contributed by atoms with Gasteiger partial charge in [-0.15, -0.1) is 0 Å². The lowest BCUT2D eigenvalue weighted by Crippen LogP contribution is -2.41. The first-order valence-corrected chi connectivity index (χ1v) is 6.15. The molecule has 0 radical (unpaired) electrons. The molecule has 1 amide bonds. The Hall–Kier alpha value is -1.58. The van der Waals surface area contributed by atoms with E-state index in [-0.39, 0.29) is 11.4 Å². The Bertz CT molecular complexity index is 413. The zero-order valence-electron chi connectivity index (χ0n) is 10.4. The molecule has 1 aliphatic rings. The smallest absolute Gasteiger partial charge is 0.269 e. The maximum absolute atomic E-state index is 11.6. The third kappa shape index (κ3) is 2.75. The molecule has 4 nitrogen and oxygen atoms in total. The van der Waals surface area contributed by atoms with Gasteiger partial charge >= 0.3 is 0 Å². The van der Waals surface area contributed by atoms with Gasteiger partial charge in [-0.05, 0) is 45.2 Å². The minimum Gasteiger partial charge on any atom is -0.380 e. The van der Waals surface area contributed by atoms with Crippen LogP contribution < -0.4 is 10.6 Å². The van der Waals surface area contributed by atoms with Crippen molar-refractivity contribution in [3.05, 3.63) is 24.0 Å². The fraction of sp³-hybridized carbons (Fsp3) is 0.538. The summed E-state index contributed by atoms with van der Waals surface area (Å²) in [5, 5.41) is 6.22. The predicted octanol–water partition coefficient (Wildman–Crippen LogP) is 2.19. The maximum Gasteiger partial charge on any atom is 0.269 e. The summed E-state index contributed by atoms with van der Waals surface area (Å²) < 4.78 is 0. The number of hydrogen-bond acceptors (Lipinski definition) is 3. The van der Waals surface area contributed by atoms with Crippen LogP contribution in [-0.2, 0) is 0 Å². The Morgan fingerprint density at radius 1 is 1.53 bits per heavy atom. The highest BCUT2D eigenvalue weighted by atomic mass is 16.1. The molecule has 17 heavy (non-hydrogen) atoms. The van der Waals surface area contributed by atoms with Gasteiger partial charge in [-0.2, -0.15) is 0 Å². The first kappa shape index (κ1) is 11.9. The molecule has 0 unspecified atom stereocenters. The molecule has 1 aromatic heterocycles. The van der Waals surface area contributed by atoms with E-state index in [1.165, 1.54) is 19.3 Å². The highest BCUT2D eigenvalue weighted by molar-refractivity contribution is 5.93. The number of rotatable bonds is 4. The van der Waals surface area contributed by atoms with E-state index in [0.29, 0.717) is 12.2 Å². The SMILES string of the molecule is CCNC(=O)c1cc(NC2(C)CCC2)ccn1. The summed E-state index contributed by atoms with van der Waals surface area (Å²) in [6, 6.07) is 3.72. The van der Waals surface area contributed by atoms with Gasteiger partial charge in [0.15, 0.2) is 0 Å². The van der Waals surface area contributed by atoms with E-state index in [1.54, 1.807) is 6.20 Å². The standard InChI is InChI=1S/C13H19N3O/c1-3-14-12(17)11-9-10(5-8-15-11)16-13(2)6-4-7-13/h5,8-9H,3-4,6-7H2,1-2H3,(H,14,17)(H,15,16). The Labute approximate surface area is 102 Å². The molecule has 0 spiro atoms. The van der Waals surface area contributed by atoms with Gasteiger partial charge in [0.05, 0.1) is 0 Å². The average molecular weight is 233 g/mol. The first-order valence-electron chi connectivity index (χ1n) is 6.15. The number of nitrogens with one attached hydrogen (secondary N) is 2. The van der Waals surface area contributed by atoms with Gasteiger partial charge in [-0.25, -0.2) is 0 Å². The van der Waals surface area contributed by atoms with Crippen molar-refractivity contribution in [1.29, 1.82) is 0 Å². The number of aromatic nitrogens is 1. The lowest BCUT2D eigenvalue weighted by Gasteiger charge is -2.40. The number of carbonyl (C=O) groups is 1. The highest BCUT2D eigenvalue weighted by Crippen LogP contribution is 2.34. The van der Waals surface area contributed by atoms with Gasteiger partial charge in [0.2, 0.25) is 0 Å². The second kappa shape index (κ2) is 4.73. The van der Waals surface area contributed by atoms with Crippen molar-refractivity contribution in [2.45, 2.75) is 38.6 Å². The largest absolute Gasteiger partial charge is 0.380 e. The third-order valence-electron chi connectivity index (χ3n) is 3.23. The van der Waals surface area contributed by atoms with Crippen LogP contribution in [0, 0.1) is 0 Å². The minimum atomic E-state index is -0.116. The van der Waals surface area contributed by atoms with Crippen LogP contribution in [0.15, 0.2) is 18.3 Å². The molecule has 1 saturated carbocycles. The van der Waals surface area contributed by atoms with Crippen LogP contribution in [0.1, 0.15) is 43.6 Å². The first-order chi connectivity index (χ1) is 8.13. The van der Waals surface area contributed by atoms with Gasteiger partial charge in [0, 0.05) is 24.0 Å². The van der Waals surface area contributed by atoms with Crippen molar-refractivity contribution in [1.82, 2.24) is 10.3 Å². The minimum absolute atomic E-state index is 0.116. The number of amides is 1. The van der Waals surface area contributed by atoms with Crippen molar-refractivity contribution < 1.29 is 4.79 Å². The molecule has 0 aliphatic heterocycles. The molecule has 4 heteroatoms. The van der Waals surface area contributed by atoms with Gasteiger partial charge in [0.25, 0.3) is 5.91 Å². The van der Waals surface area contributed by atoms with Crippen LogP contribution in [0.3, 0.4) is 0 Å². The zero-order valence-corrected chi connectivity index (χ0v) is 10.4. The zero-order chi connectivity index (χ0) is 12.3. The van der Waals surface area contributed by atoms with Crippen molar-refractivity contribution in [2.75, 3.05) is 11.9 Å². The molecule has 0 aromatic carbocycles. The number of carbonyl (C=O) groups excluding carboxylic acids is 1. The van der Waals surface area contributed by atoms with Crippen molar-refractivity contribution in [3.63, 3.8) is 0 Å². The van der Waals surface area contributed by atoms with E-state index < -0.39 is 0 Å². The summed E-state index contributed by atoms with van der Waals surface area (Å²) in [5.41, 5.74) is 1.64. The second-order valence-electron chi connectivity index (χ2n) is 4.83. The van der Waals surface area contributed by atoms with Gasteiger partial charge in [-0.3, -0.25) is 9.78 Å². The van der Waals surface area contributed by atoms with Crippen LogP contribution in [0.4, 0.5) is 5.69 Å². The second-order valence-corrected chi connectivity index (χ2v) is 4.83. The van der Waals surface area contributed by atoms with Crippen LogP contribution in [0.25, 0.3) is 0 Å². The quantitative estimate of drug-likeness (QED) is 0.838. The Morgan fingerprint density at radius 2 is 2.29 bits per heavy atom. The van der Waals surface area contributed by atoms with Crippen LogP contribution in [0.2, 0.25) is 0 Å². The maximum atomic E-state index is 11.6. The number of pyridine rings is 1. The molecular weight excluding hydrogens is 214 g/mol. The number of hydrogen-bond donors (Lipinski definition) is 2. The molecule has 1 fully saturated rings. The number of anilines is 1. The van der Waals surface area contributed by atoms with Crippen molar-refractivity contribution in [2.24, 2.45) is 0 Å². The Balaban J connectivity index is 2.08.